The van der Waals surface area contributed by atoms with E-state index in [9.17, 15) is 13.2 Å². The highest BCUT2D eigenvalue weighted by molar-refractivity contribution is 7.93. The number of nitrogens with zero attached hydrogens (tertiary/aromatic N) is 1. The molecule has 29 heavy (non-hydrogen) atoms. The van der Waals surface area contributed by atoms with Crippen molar-refractivity contribution >= 4 is 38.1 Å². The van der Waals surface area contributed by atoms with Crippen LogP contribution < -0.4 is 14.8 Å². The molecule has 0 bridgehead atoms. The van der Waals surface area contributed by atoms with Crippen molar-refractivity contribution in [2.75, 3.05) is 16.6 Å². The standard InChI is InChI=1S/C20H21N3O4S2/c1-2-27-17-11-8-15(9-12-17)21-19(24)13-10-16-14-28-20(22-16)23-29(25,26)18-6-4-3-5-7-18/h3-9,11-12,14H,2,10,13H2,1H3,(H,21,24)(H,22,23). The number of hydrogen-bond acceptors (Lipinski definition) is 6. The number of hydrogen-bond donors (Lipinski definition) is 2. The van der Waals surface area contributed by atoms with Crippen molar-refractivity contribution in [2.45, 2.75) is 24.7 Å². The number of ether oxygens (including phenoxy) is 1. The molecule has 2 N–H and O–H groups in total. The van der Waals surface area contributed by atoms with Gasteiger partial charge >= 0.3 is 0 Å². The monoisotopic (exact) mass is 431 g/mol. The van der Waals surface area contributed by atoms with Gasteiger partial charge in [0.25, 0.3) is 10.0 Å². The number of benzene rings is 2. The van der Waals surface area contributed by atoms with Crippen molar-refractivity contribution in [3.05, 3.63) is 65.7 Å². The van der Waals surface area contributed by atoms with Crippen molar-refractivity contribution in [1.29, 1.82) is 0 Å². The Bertz CT molecular complexity index is 1050. The Balaban J connectivity index is 1.51. The van der Waals surface area contributed by atoms with Gasteiger partial charge in [-0.25, -0.2) is 13.4 Å². The topological polar surface area (TPSA) is 97.4 Å². The van der Waals surface area contributed by atoms with Gasteiger partial charge < -0.3 is 10.1 Å². The molecule has 0 saturated heterocycles. The molecule has 0 radical (unpaired) electrons. The number of anilines is 2. The maximum Gasteiger partial charge on any atom is 0.263 e. The van der Waals surface area contributed by atoms with Crippen LogP contribution in [0, 0.1) is 0 Å². The van der Waals surface area contributed by atoms with E-state index in [-0.39, 0.29) is 22.4 Å². The maximum absolute atomic E-state index is 12.3. The van der Waals surface area contributed by atoms with Crippen LogP contribution in [-0.4, -0.2) is 25.9 Å². The van der Waals surface area contributed by atoms with Crippen LogP contribution >= 0.6 is 11.3 Å². The van der Waals surface area contributed by atoms with Gasteiger partial charge in [0.2, 0.25) is 5.91 Å². The van der Waals surface area contributed by atoms with Crippen LogP contribution in [0.2, 0.25) is 0 Å². The van der Waals surface area contributed by atoms with Crippen LogP contribution in [0.25, 0.3) is 0 Å². The quantitative estimate of drug-likeness (QED) is 0.535. The lowest BCUT2D eigenvalue weighted by molar-refractivity contribution is -0.116. The Kier molecular flexibility index (Phi) is 6.84. The molecule has 0 fully saturated rings. The Hall–Kier alpha value is -2.91. The molecule has 9 heteroatoms. The molecule has 1 amide bonds. The Morgan fingerprint density at radius 3 is 2.52 bits per heavy atom. The van der Waals surface area contributed by atoms with Crippen molar-refractivity contribution in [1.82, 2.24) is 4.98 Å². The molecule has 0 unspecified atom stereocenters. The van der Waals surface area contributed by atoms with Crippen molar-refractivity contribution < 1.29 is 17.9 Å². The number of aromatic nitrogens is 1. The van der Waals surface area contributed by atoms with E-state index in [0.29, 0.717) is 24.4 Å². The molecular weight excluding hydrogens is 410 g/mol. The molecule has 3 aromatic rings. The number of carbonyl (C=O) groups excluding carboxylic acids is 1. The third-order valence-electron chi connectivity index (χ3n) is 3.88. The number of amides is 1. The summed E-state index contributed by atoms with van der Waals surface area (Å²) < 4.78 is 32.5. The van der Waals surface area contributed by atoms with Crippen LogP contribution in [0.4, 0.5) is 10.8 Å². The minimum atomic E-state index is -3.67. The zero-order valence-electron chi connectivity index (χ0n) is 15.8. The second-order valence-electron chi connectivity index (χ2n) is 6.07. The Labute approximate surface area is 173 Å². The number of carbonyl (C=O) groups is 1. The first-order valence-corrected chi connectivity index (χ1v) is 11.4. The summed E-state index contributed by atoms with van der Waals surface area (Å²) in [5.41, 5.74) is 1.34. The summed E-state index contributed by atoms with van der Waals surface area (Å²) in [5, 5.41) is 4.83. The van der Waals surface area contributed by atoms with Gasteiger partial charge in [-0.05, 0) is 49.7 Å². The average Bonchev–Trinajstić information content (AvgIpc) is 3.15. The van der Waals surface area contributed by atoms with Crippen molar-refractivity contribution in [3.63, 3.8) is 0 Å². The molecule has 2 aromatic carbocycles. The zero-order valence-corrected chi connectivity index (χ0v) is 17.4. The van der Waals surface area contributed by atoms with E-state index >= 15 is 0 Å². The predicted molar refractivity (Wildman–Crippen MR) is 114 cm³/mol. The normalized spacial score (nSPS) is 11.1. The fraction of sp³-hybridized carbons (Fsp3) is 0.200. The zero-order chi connectivity index (χ0) is 20.7. The van der Waals surface area contributed by atoms with E-state index in [0.717, 1.165) is 5.75 Å². The van der Waals surface area contributed by atoms with Crippen molar-refractivity contribution in [3.8, 4) is 5.75 Å². The third-order valence-corrected chi connectivity index (χ3v) is 6.17. The molecule has 7 nitrogen and oxygen atoms in total. The minimum Gasteiger partial charge on any atom is -0.494 e. The first-order valence-electron chi connectivity index (χ1n) is 9.01. The second-order valence-corrected chi connectivity index (χ2v) is 8.61. The van der Waals surface area contributed by atoms with Crippen LogP contribution in [0.15, 0.2) is 64.9 Å². The summed E-state index contributed by atoms with van der Waals surface area (Å²) in [6.07, 6.45) is 0.647. The van der Waals surface area contributed by atoms with Crippen LogP contribution in [0.5, 0.6) is 5.75 Å². The van der Waals surface area contributed by atoms with E-state index in [2.05, 4.69) is 15.0 Å². The van der Waals surface area contributed by atoms with Gasteiger partial charge in [-0.15, -0.1) is 11.3 Å². The minimum absolute atomic E-state index is 0.145. The molecule has 1 aromatic heterocycles. The summed E-state index contributed by atoms with van der Waals surface area (Å²) in [5.74, 6) is 0.604. The summed E-state index contributed by atoms with van der Waals surface area (Å²) in [4.78, 5) is 16.6. The van der Waals surface area contributed by atoms with Crippen LogP contribution in [-0.2, 0) is 21.2 Å². The molecule has 3 rings (SSSR count). The van der Waals surface area contributed by atoms with Gasteiger partial charge in [-0.2, -0.15) is 0 Å². The molecular formula is C20H21N3O4S2. The summed E-state index contributed by atoms with van der Waals surface area (Å²) in [6, 6.07) is 15.2. The summed E-state index contributed by atoms with van der Waals surface area (Å²) in [6.45, 7) is 2.50. The summed E-state index contributed by atoms with van der Waals surface area (Å²) >= 11 is 1.19. The van der Waals surface area contributed by atoms with E-state index in [1.165, 1.54) is 23.5 Å². The van der Waals surface area contributed by atoms with Gasteiger partial charge in [0.05, 0.1) is 17.2 Å². The number of aryl methyl sites for hydroxylation is 1. The van der Waals surface area contributed by atoms with Gasteiger partial charge in [0.15, 0.2) is 5.13 Å². The lowest BCUT2D eigenvalue weighted by Crippen LogP contribution is -2.13. The highest BCUT2D eigenvalue weighted by atomic mass is 32.2. The lowest BCUT2D eigenvalue weighted by atomic mass is 10.2. The second kappa shape index (κ2) is 9.53. The van der Waals surface area contributed by atoms with Crippen LogP contribution in [0.1, 0.15) is 19.0 Å². The van der Waals surface area contributed by atoms with Gasteiger partial charge in [0.1, 0.15) is 5.75 Å². The fourth-order valence-electron chi connectivity index (χ4n) is 2.51. The first-order chi connectivity index (χ1) is 14.0. The van der Waals surface area contributed by atoms with Crippen molar-refractivity contribution in [2.24, 2.45) is 0 Å². The average molecular weight is 432 g/mol. The molecule has 0 spiro atoms. The van der Waals surface area contributed by atoms with E-state index < -0.39 is 10.0 Å². The maximum atomic E-state index is 12.3. The highest BCUT2D eigenvalue weighted by Gasteiger charge is 2.16. The molecule has 0 aliphatic heterocycles. The summed E-state index contributed by atoms with van der Waals surface area (Å²) in [7, 11) is -3.67. The SMILES string of the molecule is CCOc1ccc(NC(=O)CCc2csc(NS(=O)(=O)c3ccccc3)n2)cc1. The molecule has 0 atom stereocenters. The smallest absolute Gasteiger partial charge is 0.263 e. The van der Waals surface area contributed by atoms with Gasteiger partial charge in [-0.1, -0.05) is 18.2 Å². The highest BCUT2D eigenvalue weighted by Crippen LogP contribution is 2.21. The molecule has 152 valence electrons. The van der Waals surface area contributed by atoms with E-state index in [4.69, 9.17) is 4.74 Å². The van der Waals surface area contributed by atoms with E-state index in [1.54, 1.807) is 47.8 Å². The molecule has 0 saturated carbocycles. The molecule has 0 aliphatic carbocycles. The fourth-order valence-corrected chi connectivity index (χ4v) is 4.53. The Morgan fingerprint density at radius 2 is 1.83 bits per heavy atom. The molecule has 1 heterocycles. The Morgan fingerprint density at radius 1 is 1.10 bits per heavy atom. The van der Waals surface area contributed by atoms with Gasteiger partial charge in [-0.3, -0.25) is 9.52 Å². The molecule has 0 aliphatic rings. The predicted octanol–water partition coefficient (Wildman–Crippen LogP) is 3.91. The lowest BCUT2D eigenvalue weighted by Gasteiger charge is -2.07. The number of thiazole rings is 1. The number of rotatable bonds is 9. The number of nitrogens with one attached hydrogen (secondary N) is 2. The largest absolute Gasteiger partial charge is 0.494 e. The first kappa shape index (κ1) is 20.8. The third kappa shape index (κ3) is 6.03. The van der Waals surface area contributed by atoms with Crippen LogP contribution in [0.3, 0.4) is 0 Å². The van der Waals surface area contributed by atoms with E-state index in [1.807, 2.05) is 6.92 Å². The number of sulfonamides is 1. The van der Waals surface area contributed by atoms with Gasteiger partial charge in [0, 0.05) is 17.5 Å².